The Morgan fingerprint density at radius 2 is 1.88 bits per heavy atom. The number of benzene rings is 2. The minimum absolute atomic E-state index is 0.250. The van der Waals surface area contributed by atoms with Gasteiger partial charge in [0.25, 0.3) is 0 Å². The minimum atomic E-state index is -0.302. The van der Waals surface area contributed by atoms with Gasteiger partial charge in [-0.25, -0.2) is 4.39 Å². The van der Waals surface area contributed by atoms with Gasteiger partial charge in [-0.3, -0.25) is 0 Å². The molecular formula is C17H14FN5O2. The Kier molecular flexibility index (Phi) is 3.99. The second-order valence-electron chi connectivity index (χ2n) is 5.34. The van der Waals surface area contributed by atoms with E-state index in [1.807, 2.05) is 18.2 Å². The fraction of sp³-hybridized carbons (Fsp3) is 0.118. The lowest BCUT2D eigenvalue weighted by molar-refractivity contribution is 0.174. The van der Waals surface area contributed by atoms with Crippen LogP contribution in [-0.4, -0.2) is 22.0 Å². The zero-order valence-electron chi connectivity index (χ0n) is 13.1. The molecule has 0 saturated carbocycles. The van der Waals surface area contributed by atoms with Crippen LogP contribution in [0.25, 0.3) is 0 Å². The highest BCUT2D eigenvalue weighted by atomic mass is 19.1. The summed E-state index contributed by atoms with van der Waals surface area (Å²) in [5.41, 5.74) is 1.70. The highest BCUT2D eigenvalue weighted by molar-refractivity contribution is 5.54. The van der Waals surface area contributed by atoms with Crippen molar-refractivity contribution in [1.82, 2.24) is 15.2 Å². The van der Waals surface area contributed by atoms with E-state index in [-0.39, 0.29) is 12.6 Å². The molecule has 0 radical (unpaired) electrons. The molecule has 126 valence electrons. The Labute approximate surface area is 142 Å². The number of nitrogens with one attached hydrogen (secondary N) is 2. The van der Waals surface area contributed by atoms with Crippen molar-refractivity contribution < 1.29 is 13.9 Å². The topological polar surface area (TPSA) is 81.2 Å². The van der Waals surface area contributed by atoms with Gasteiger partial charge in [0.05, 0.1) is 6.20 Å². The summed E-state index contributed by atoms with van der Waals surface area (Å²) in [5.74, 6) is 2.07. The molecule has 0 atom stereocenters. The first-order valence-corrected chi connectivity index (χ1v) is 7.61. The molecule has 7 nitrogen and oxygen atoms in total. The standard InChI is InChI=1S/C17H14FN5O2/c18-12-2-4-13(5-3-12)21-17-22-16(9-20-23-17)19-8-11-1-6-14-15(7-11)25-10-24-14/h1-7,9H,8,10H2,(H2,19,21,22,23). The summed E-state index contributed by atoms with van der Waals surface area (Å²) in [4.78, 5) is 4.33. The lowest BCUT2D eigenvalue weighted by atomic mass is 10.2. The molecule has 1 aromatic heterocycles. The van der Waals surface area contributed by atoms with Gasteiger partial charge in [-0.15, -0.1) is 5.10 Å². The van der Waals surface area contributed by atoms with Crippen molar-refractivity contribution in [3.05, 3.63) is 60.0 Å². The van der Waals surface area contributed by atoms with Gasteiger partial charge in [0.1, 0.15) is 5.82 Å². The van der Waals surface area contributed by atoms with Crippen LogP contribution in [0.15, 0.2) is 48.7 Å². The molecule has 0 saturated heterocycles. The van der Waals surface area contributed by atoms with Crippen molar-refractivity contribution >= 4 is 17.5 Å². The normalized spacial score (nSPS) is 12.0. The molecular weight excluding hydrogens is 325 g/mol. The van der Waals surface area contributed by atoms with Crippen LogP contribution in [0.2, 0.25) is 0 Å². The molecule has 2 aromatic carbocycles. The fourth-order valence-electron chi connectivity index (χ4n) is 2.35. The number of halogens is 1. The number of aromatic nitrogens is 3. The highest BCUT2D eigenvalue weighted by Crippen LogP contribution is 2.32. The molecule has 0 aliphatic carbocycles. The van der Waals surface area contributed by atoms with Gasteiger partial charge < -0.3 is 20.1 Å². The average molecular weight is 339 g/mol. The Morgan fingerprint density at radius 3 is 2.76 bits per heavy atom. The van der Waals surface area contributed by atoms with E-state index in [1.54, 1.807) is 12.1 Å². The smallest absolute Gasteiger partial charge is 0.249 e. The van der Waals surface area contributed by atoms with E-state index in [1.165, 1.54) is 18.3 Å². The van der Waals surface area contributed by atoms with Gasteiger partial charge in [0.2, 0.25) is 12.7 Å². The zero-order valence-corrected chi connectivity index (χ0v) is 13.1. The molecule has 2 N–H and O–H groups in total. The van der Waals surface area contributed by atoms with Crippen molar-refractivity contribution in [2.45, 2.75) is 6.54 Å². The second kappa shape index (κ2) is 6.60. The molecule has 25 heavy (non-hydrogen) atoms. The quantitative estimate of drug-likeness (QED) is 0.739. The molecule has 0 fully saturated rings. The van der Waals surface area contributed by atoms with Gasteiger partial charge in [0.15, 0.2) is 17.3 Å². The van der Waals surface area contributed by atoms with Gasteiger partial charge in [-0.1, -0.05) is 6.07 Å². The SMILES string of the molecule is Fc1ccc(Nc2nncc(NCc3ccc4c(c3)OCO4)n2)cc1. The van der Waals surface area contributed by atoms with Crippen LogP contribution in [0, 0.1) is 5.82 Å². The fourth-order valence-corrected chi connectivity index (χ4v) is 2.35. The molecule has 8 heteroatoms. The third-order valence-corrected chi connectivity index (χ3v) is 3.57. The molecule has 4 rings (SSSR count). The monoisotopic (exact) mass is 339 g/mol. The number of hydrogen-bond donors (Lipinski definition) is 2. The predicted molar refractivity (Wildman–Crippen MR) is 89.4 cm³/mol. The summed E-state index contributed by atoms with van der Waals surface area (Å²) in [7, 11) is 0. The van der Waals surface area contributed by atoms with E-state index < -0.39 is 0 Å². The summed E-state index contributed by atoms with van der Waals surface area (Å²) in [5, 5.41) is 14.0. The van der Waals surface area contributed by atoms with Crippen molar-refractivity contribution in [3.8, 4) is 11.5 Å². The maximum Gasteiger partial charge on any atom is 0.249 e. The van der Waals surface area contributed by atoms with Crippen LogP contribution < -0.4 is 20.1 Å². The summed E-state index contributed by atoms with van der Waals surface area (Å²) in [6, 6.07) is 11.7. The highest BCUT2D eigenvalue weighted by Gasteiger charge is 2.13. The predicted octanol–water partition coefficient (Wildman–Crippen LogP) is 3.10. The van der Waals surface area contributed by atoms with Gasteiger partial charge in [-0.05, 0) is 42.0 Å². The first-order chi connectivity index (χ1) is 12.3. The molecule has 0 bridgehead atoms. The van der Waals surface area contributed by atoms with E-state index in [9.17, 15) is 4.39 Å². The zero-order chi connectivity index (χ0) is 17.1. The Hall–Kier alpha value is -3.42. The maximum absolute atomic E-state index is 12.9. The van der Waals surface area contributed by atoms with Crippen LogP contribution in [-0.2, 0) is 6.54 Å². The van der Waals surface area contributed by atoms with Gasteiger partial charge in [-0.2, -0.15) is 10.1 Å². The molecule has 1 aliphatic heterocycles. The molecule has 0 spiro atoms. The summed E-state index contributed by atoms with van der Waals surface area (Å²) in [6.07, 6.45) is 1.53. The molecule has 3 aromatic rings. The van der Waals surface area contributed by atoms with Crippen molar-refractivity contribution in [3.63, 3.8) is 0 Å². The van der Waals surface area contributed by atoms with E-state index in [0.29, 0.717) is 24.0 Å². The van der Waals surface area contributed by atoms with E-state index in [2.05, 4.69) is 25.8 Å². The Balaban J connectivity index is 1.42. The van der Waals surface area contributed by atoms with Crippen molar-refractivity contribution in [2.75, 3.05) is 17.4 Å². The second-order valence-corrected chi connectivity index (χ2v) is 5.34. The number of fused-ring (bicyclic) bond motifs is 1. The van der Waals surface area contributed by atoms with E-state index in [4.69, 9.17) is 9.47 Å². The van der Waals surface area contributed by atoms with Crippen molar-refractivity contribution in [2.24, 2.45) is 0 Å². The van der Waals surface area contributed by atoms with Crippen LogP contribution in [0.1, 0.15) is 5.56 Å². The lowest BCUT2D eigenvalue weighted by Gasteiger charge is -2.08. The summed E-state index contributed by atoms with van der Waals surface area (Å²) < 4.78 is 23.6. The number of rotatable bonds is 5. The maximum atomic E-state index is 12.9. The third-order valence-electron chi connectivity index (χ3n) is 3.57. The van der Waals surface area contributed by atoms with Crippen LogP contribution in [0.4, 0.5) is 21.8 Å². The first kappa shape index (κ1) is 15.1. The first-order valence-electron chi connectivity index (χ1n) is 7.61. The van der Waals surface area contributed by atoms with Crippen molar-refractivity contribution in [1.29, 1.82) is 0 Å². The number of ether oxygens (including phenoxy) is 2. The van der Waals surface area contributed by atoms with Crippen LogP contribution in [0.3, 0.4) is 0 Å². The average Bonchev–Trinajstić information content (AvgIpc) is 3.10. The lowest BCUT2D eigenvalue weighted by Crippen LogP contribution is -2.05. The molecule has 0 unspecified atom stereocenters. The Bertz CT molecular complexity index is 888. The van der Waals surface area contributed by atoms with E-state index >= 15 is 0 Å². The number of nitrogens with zero attached hydrogens (tertiary/aromatic N) is 3. The van der Waals surface area contributed by atoms with Crippen LogP contribution in [0.5, 0.6) is 11.5 Å². The molecule has 1 aliphatic rings. The van der Waals surface area contributed by atoms with Crippen LogP contribution >= 0.6 is 0 Å². The molecule has 2 heterocycles. The largest absolute Gasteiger partial charge is 0.454 e. The molecule has 0 amide bonds. The van der Waals surface area contributed by atoms with E-state index in [0.717, 1.165) is 17.1 Å². The summed E-state index contributed by atoms with van der Waals surface area (Å²) >= 11 is 0. The Morgan fingerprint density at radius 1 is 1.04 bits per heavy atom. The third kappa shape index (κ3) is 3.57. The minimum Gasteiger partial charge on any atom is -0.454 e. The van der Waals surface area contributed by atoms with Gasteiger partial charge >= 0.3 is 0 Å². The van der Waals surface area contributed by atoms with Gasteiger partial charge in [0, 0.05) is 12.2 Å². The number of hydrogen-bond acceptors (Lipinski definition) is 7. The number of anilines is 3. The summed E-state index contributed by atoms with van der Waals surface area (Å²) in [6.45, 7) is 0.797.